The zero-order chi connectivity index (χ0) is 23.1. The molecule has 1 N–H and O–H groups in total. The number of para-hydroxylation sites is 1. The SMILES string of the molecule is CCOC(=O)Cc1csc(NC(=O)CSc2nnc(C(C)Oc3ccccc3Cl)n2C)n1. The van der Waals surface area contributed by atoms with Gasteiger partial charge >= 0.3 is 5.97 Å². The van der Waals surface area contributed by atoms with Gasteiger partial charge in [-0.05, 0) is 26.0 Å². The Bertz CT molecular complexity index is 1090. The van der Waals surface area contributed by atoms with Crippen LogP contribution in [0.5, 0.6) is 5.75 Å². The van der Waals surface area contributed by atoms with Crippen molar-refractivity contribution in [2.45, 2.75) is 31.5 Å². The van der Waals surface area contributed by atoms with Crippen LogP contribution in [0.25, 0.3) is 0 Å². The van der Waals surface area contributed by atoms with E-state index in [1.807, 2.05) is 26.1 Å². The zero-order valence-corrected chi connectivity index (χ0v) is 20.1. The Labute approximate surface area is 198 Å². The lowest BCUT2D eigenvalue weighted by atomic mass is 10.3. The number of ether oxygens (including phenoxy) is 2. The maximum atomic E-state index is 12.3. The Morgan fingerprint density at radius 1 is 1.31 bits per heavy atom. The molecule has 0 fully saturated rings. The van der Waals surface area contributed by atoms with Crippen LogP contribution in [0.2, 0.25) is 5.02 Å². The summed E-state index contributed by atoms with van der Waals surface area (Å²) in [6.45, 7) is 3.91. The molecule has 1 unspecified atom stereocenters. The summed E-state index contributed by atoms with van der Waals surface area (Å²) in [5.74, 6) is 0.702. The minimum absolute atomic E-state index is 0.0745. The summed E-state index contributed by atoms with van der Waals surface area (Å²) in [5.41, 5.74) is 0.557. The van der Waals surface area contributed by atoms with Crippen LogP contribution in [0.15, 0.2) is 34.8 Å². The van der Waals surface area contributed by atoms with E-state index in [1.165, 1.54) is 23.1 Å². The molecular weight excluding hydrogens is 474 g/mol. The van der Waals surface area contributed by atoms with E-state index in [4.69, 9.17) is 21.1 Å². The first-order valence-electron chi connectivity index (χ1n) is 9.70. The summed E-state index contributed by atoms with van der Waals surface area (Å²) >= 11 is 8.65. The third-order valence-corrected chi connectivity index (χ3v) is 6.27. The van der Waals surface area contributed by atoms with E-state index >= 15 is 0 Å². The van der Waals surface area contributed by atoms with Gasteiger partial charge in [-0.3, -0.25) is 9.59 Å². The Morgan fingerprint density at radius 3 is 2.84 bits per heavy atom. The molecule has 0 bridgehead atoms. The van der Waals surface area contributed by atoms with Crippen LogP contribution in [0.4, 0.5) is 5.13 Å². The van der Waals surface area contributed by atoms with Crippen LogP contribution in [0, 0.1) is 0 Å². The molecule has 170 valence electrons. The number of thioether (sulfide) groups is 1. The van der Waals surface area contributed by atoms with Crippen molar-refractivity contribution in [3.63, 3.8) is 0 Å². The van der Waals surface area contributed by atoms with Gasteiger partial charge in [0.1, 0.15) is 5.75 Å². The van der Waals surface area contributed by atoms with Crippen LogP contribution in [-0.2, 0) is 27.8 Å². The second-order valence-electron chi connectivity index (χ2n) is 6.55. The maximum Gasteiger partial charge on any atom is 0.311 e. The van der Waals surface area contributed by atoms with Gasteiger partial charge in [0.05, 0.1) is 29.5 Å². The van der Waals surface area contributed by atoms with Gasteiger partial charge in [0.25, 0.3) is 0 Å². The summed E-state index contributed by atoms with van der Waals surface area (Å²) in [4.78, 5) is 28.1. The van der Waals surface area contributed by atoms with Crippen molar-refractivity contribution < 1.29 is 19.1 Å². The van der Waals surface area contributed by atoms with Gasteiger partial charge in [-0.25, -0.2) is 4.98 Å². The van der Waals surface area contributed by atoms with E-state index in [0.29, 0.717) is 39.2 Å². The van der Waals surface area contributed by atoms with Gasteiger partial charge < -0.3 is 19.4 Å². The lowest BCUT2D eigenvalue weighted by molar-refractivity contribution is -0.142. The lowest BCUT2D eigenvalue weighted by Gasteiger charge is -2.15. The number of thiazole rings is 1. The normalized spacial score (nSPS) is 11.8. The standard InChI is InChI=1S/C20H22ClN5O4S2/c1-4-29-17(28)9-13-10-31-19(22-13)23-16(27)11-32-20-25-24-18(26(20)3)12(2)30-15-8-6-5-7-14(15)21/h5-8,10,12H,4,9,11H2,1-3H3,(H,22,23,27). The zero-order valence-electron chi connectivity index (χ0n) is 17.7. The van der Waals surface area contributed by atoms with Crippen molar-refractivity contribution in [2.24, 2.45) is 7.05 Å². The summed E-state index contributed by atoms with van der Waals surface area (Å²) in [5, 5.41) is 14.3. The second kappa shape index (κ2) is 11.3. The highest BCUT2D eigenvalue weighted by Crippen LogP contribution is 2.29. The van der Waals surface area contributed by atoms with E-state index in [-0.39, 0.29) is 30.2 Å². The Balaban J connectivity index is 1.52. The van der Waals surface area contributed by atoms with E-state index in [2.05, 4.69) is 20.5 Å². The van der Waals surface area contributed by atoms with Gasteiger partial charge in [-0.1, -0.05) is 35.5 Å². The Morgan fingerprint density at radius 2 is 2.09 bits per heavy atom. The molecule has 1 aromatic carbocycles. The fourth-order valence-corrected chi connectivity index (χ4v) is 4.31. The van der Waals surface area contributed by atoms with Crippen molar-refractivity contribution in [1.29, 1.82) is 0 Å². The Kier molecular flexibility index (Phi) is 8.48. The van der Waals surface area contributed by atoms with Gasteiger partial charge in [0, 0.05) is 12.4 Å². The molecule has 32 heavy (non-hydrogen) atoms. The largest absolute Gasteiger partial charge is 0.481 e. The first-order valence-corrected chi connectivity index (χ1v) is 11.9. The molecule has 12 heteroatoms. The average Bonchev–Trinajstić information content (AvgIpc) is 3.34. The fraction of sp³-hybridized carbons (Fsp3) is 0.350. The van der Waals surface area contributed by atoms with E-state index in [9.17, 15) is 9.59 Å². The van der Waals surface area contributed by atoms with Gasteiger partial charge in [0.15, 0.2) is 22.2 Å². The summed E-state index contributed by atoms with van der Waals surface area (Å²) in [6.07, 6.45) is -0.311. The Hall–Kier alpha value is -2.63. The first-order chi connectivity index (χ1) is 15.4. The molecule has 2 aromatic heterocycles. The van der Waals surface area contributed by atoms with Crippen molar-refractivity contribution >= 4 is 51.7 Å². The average molecular weight is 496 g/mol. The van der Waals surface area contributed by atoms with Crippen LogP contribution >= 0.6 is 34.7 Å². The summed E-state index contributed by atoms with van der Waals surface area (Å²) in [6, 6.07) is 7.20. The number of halogens is 1. The highest BCUT2D eigenvalue weighted by atomic mass is 35.5. The molecule has 0 saturated heterocycles. The van der Waals surface area contributed by atoms with Crippen molar-refractivity contribution in [3.8, 4) is 5.75 Å². The van der Waals surface area contributed by atoms with Crippen molar-refractivity contribution in [1.82, 2.24) is 19.7 Å². The number of hydrogen-bond acceptors (Lipinski definition) is 9. The predicted molar refractivity (Wildman–Crippen MR) is 123 cm³/mol. The molecule has 0 aliphatic heterocycles. The number of esters is 1. The fourth-order valence-electron chi connectivity index (χ4n) is 2.68. The number of carbonyl (C=O) groups is 2. The third-order valence-electron chi connectivity index (χ3n) is 4.13. The van der Waals surface area contributed by atoms with E-state index < -0.39 is 0 Å². The quantitative estimate of drug-likeness (QED) is 0.333. The maximum absolute atomic E-state index is 12.3. The summed E-state index contributed by atoms with van der Waals surface area (Å²) in [7, 11) is 1.81. The van der Waals surface area contributed by atoms with Crippen molar-refractivity contribution in [2.75, 3.05) is 17.7 Å². The third kappa shape index (κ3) is 6.44. The van der Waals surface area contributed by atoms with Crippen LogP contribution in [0.3, 0.4) is 0 Å². The molecule has 0 aliphatic rings. The number of amides is 1. The van der Waals surface area contributed by atoms with Crippen LogP contribution < -0.4 is 10.1 Å². The molecule has 0 saturated carbocycles. The van der Waals surface area contributed by atoms with E-state index in [1.54, 1.807) is 29.0 Å². The predicted octanol–water partition coefficient (Wildman–Crippen LogP) is 3.90. The smallest absolute Gasteiger partial charge is 0.311 e. The van der Waals surface area contributed by atoms with Crippen LogP contribution in [0.1, 0.15) is 31.5 Å². The number of carbonyl (C=O) groups excluding carboxylic acids is 2. The van der Waals surface area contributed by atoms with Crippen molar-refractivity contribution in [3.05, 3.63) is 46.2 Å². The molecule has 1 atom stereocenters. The molecule has 0 spiro atoms. The molecular formula is C20H22ClN5O4S2. The highest BCUT2D eigenvalue weighted by Gasteiger charge is 2.19. The minimum atomic E-state index is -0.385. The molecule has 0 aliphatic carbocycles. The highest BCUT2D eigenvalue weighted by molar-refractivity contribution is 7.99. The first kappa shape index (κ1) is 24.0. The number of nitrogens with zero attached hydrogens (tertiary/aromatic N) is 4. The molecule has 2 heterocycles. The summed E-state index contributed by atoms with van der Waals surface area (Å²) < 4.78 is 12.6. The minimum Gasteiger partial charge on any atom is -0.481 e. The number of benzene rings is 1. The molecule has 9 nitrogen and oxygen atoms in total. The topological polar surface area (TPSA) is 108 Å². The molecule has 3 aromatic rings. The van der Waals surface area contributed by atoms with Crippen LogP contribution in [-0.4, -0.2) is 44.0 Å². The van der Waals surface area contributed by atoms with Gasteiger partial charge in [-0.15, -0.1) is 21.5 Å². The van der Waals surface area contributed by atoms with E-state index in [0.717, 1.165) is 0 Å². The molecule has 0 radical (unpaired) electrons. The van der Waals surface area contributed by atoms with Gasteiger partial charge in [-0.2, -0.15) is 0 Å². The number of anilines is 1. The molecule has 3 rings (SSSR count). The number of hydrogen-bond donors (Lipinski definition) is 1. The molecule has 1 amide bonds. The van der Waals surface area contributed by atoms with Gasteiger partial charge in [0.2, 0.25) is 5.91 Å². The number of rotatable bonds is 10. The lowest BCUT2D eigenvalue weighted by Crippen LogP contribution is -2.15. The number of aromatic nitrogens is 4. The monoisotopic (exact) mass is 495 g/mol. The second-order valence-corrected chi connectivity index (χ2v) is 8.76. The number of nitrogens with one attached hydrogen (secondary N) is 1.